The van der Waals surface area contributed by atoms with Gasteiger partial charge >= 0.3 is 0 Å². The van der Waals surface area contributed by atoms with Gasteiger partial charge in [0.05, 0.1) is 11.4 Å². The number of anilines is 1. The molecule has 0 spiro atoms. The van der Waals surface area contributed by atoms with Gasteiger partial charge < -0.3 is 14.8 Å². The molecule has 2 heterocycles. The summed E-state index contributed by atoms with van der Waals surface area (Å²) in [5.74, 6) is 0.890. The Bertz CT molecular complexity index is 946. The van der Waals surface area contributed by atoms with Gasteiger partial charge in [-0.15, -0.1) is 10.2 Å². The predicted molar refractivity (Wildman–Crippen MR) is 100 cm³/mol. The maximum Gasteiger partial charge on any atom is 0.230 e. The van der Waals surface area contributed by atoms with Crippen LogP contribution in [-0.4, -0.2) is 29.3 Å². The van der Waals surface area contributed by atoms with Gasteiger partial charge in [0, 0.05) is 5.56 Å². The van der Waals surface area contributed by atoms with E-state index in [4.69, 9.17) is 21.1 Å². The summed E-state index contributed by atoms with van der Waals surface area (Å²) in [7, 11) is 0. The van der Waals surface area contributed by atoms with E-state index in [9.17, 15) is 4.79 Å². The van der Waals surface area contributed by atoms with E-state index in [2.05, 4.69) is 15.5 Å². The standard InChI is InChI=1S/C18H14ClN3O3S/c19-13-8-11(9-14-16(13)25-7-6-24-14)10-15(23)20-18-22-21-17(26-18)12-4-2-1-3-5-12/h1-5,8-9H,6-7,10H2,(H,20,22,23). The summed E-state index contributed by atoms with van der Waals surface area (Å²) in [6.07, 6.45) is 0.149. The third-order valence-corrected chi connectivity index (χ3v) is 4.88. The second kappa shape index (κ2) is 7.31. The van der Waals surface area contributed by atoms with Gasteiger partial charge in [-0.05, 0) is 17.7 Å². The monoisotopic (exact) mass is 387 g/mol. The zero-order chi connectivity index (χ0) is 17.9. The van der Waals surface area contributed by atoms with Gasteiger partial charge in [0.25, 0.3) is 0 Å². The van der Waals surface area contributed by atoms with Crippen molar-refractivity contribution >= 4 is 34.0 Å². The Hall–Kier alpha value is -2.64. The van der Waals surface area contributed by atoms with E-state index < -0.39 is 0 Å². The molecule has 1 N–H and O–H groups in total. The number of rotatable bonds is 4. The van der Waals surface area contributed by atoms with E-state index in [0.29, 0.717) is 34.9 Å². The number of aromatic nitrogens is 2. The van der Waals surface area contributed by atoms with Gasteiger partial charge in [0.1, 0.15) is 18.2 Å². The van der Waals surface area contributed by atoms with Crippen molar-refractivity contribution in [2.75, 3.05) is 18.5 Å². The first-order chi connectivity index (χ1) is 12.7. The van der Waals surface area contributed by atoms with Crippen molar-refractivity contribution in [2.24, 2.45) is 0 Å². The second-order valence-corrected chi connectivity index (χ2v) is 6.99. The first kappa shape index (κ1) is 16.8. The number of hydrogen-bond donors (Lipinski definition) is 1. The van der Waals surface area contributed by atoms with E-state index in [-0.39, 0.29) is 12.3 Å². The number of ether oxygens (including phenoxy) is 2. The number of carbonyl (C=O) groups excluding carboxylic acids is 1. The smallest absolute Gasteiger partial charge is 0.230 e. The lowest BCUT2D eigenvalue weighted by molar-refractivity contribution is -0.115. The number of carbonyl (C=O) groups is 1. The molecule has 1 aromatic heterocycles. The van der Waals surface area contributed by atoms with E-state index in [1.54, 1.807) is 12.1 Å². The van der Waals surface area contributed by atoms with Crippen molar-refractivity contribution in [3.63, 3.8) is 0 Å². The third-order valence-electron chi connectivity index (χ3n) is 3.71. The highest BCUT2D eigenvalue weighted by atomic mass is 35.5. The van der Waals surface area contributed by atoms with Crippen LogP contribution in [-0.2, 0) is 11.2 Å². The van der Waals surface area contributed by atoms with Gasteiger partial charge in [-0.2, -0.15) is 0 Å². The van der Waals surface area contributed by atoms with Crippen LogP contribution in [0.1, 0.15) is 5.56 Å². The Kier molecular flexibility index (Phi) is 4.73. The van der Waals surface area contributed by atoms with Gasteiger partial charge in [-0.25, -0.2) is 0 Å². The summed E-state index contributed by atoms with van der Waals surface area (Å²) in [5.41, 5.74) is 1.70. The average Bonchev–Trinajstić information content (AvgIpc) is 3.11. The lowest BCUT2D eigenvalue weighted by Gasteiger charge is -2.20. The fraction of sp³-hybridized carbons (Fsp3) is 0.167. The number of amides is 1. The molecule has 0 fully saturated rings. The molecule has 3 aromatic rings. The number of nitrogens with one attached hydrogen (secondary N) is 1. The molecule has 0 aliphatic carbocycles. The van der Waals surface area contributed by atoms with E-state index in [1.165, 1.54) is 11.3 Å². The van der Waals surface area contributed by atoms with Crippen LogP contribution in [0, 0.1) is 0 Å². The Labute approximate surface area is 158 Å². The van der Waals surface area contributed by atoms with Crippen molar-refractivity contribution in [1.82, 2.24) is 10.2 Å². The lowest BCUT2D eigenvalue weighted by Crippen LogP contribution is -2.17. The maximum atomic E-state index is 12.3. The number of nitrogens with zero attached hydrogens (tertiary/aromatic N) is 2. The van der Waals surface area contributed by atoms with Crippen LogP contribution >= 0.6 is 22.9 Å². The van der Waals surface area contributed by atoms with E-state index in [1.807, 2.05) is 30.3 Å². The third kappa shape index (κ3) is 3.63. The van der Waals surface area contributed by atoms with Crippen molar-refractivity contribution in [2.45, 2.75) is 6.42 Å². The highest BCUT2D eigenvalue weighted by molar-refractivity contribution is 7.18. The molecule has 1 aliphatic heterocycles. The summed E-state index contributed by atoms with van der Waals surface area (Å²) < 4.78 is 11.0. The van der Waals surface area contributed by atoms with Gasteiger partial charge in [0.15, 0.2) is 11.5 Å². The van der Waals surface area contributed by atoms with Crippen LogP contribution in [0.15, 0.2) is 42.5 Å². The molecular formula is C18H14ClN3O3S. The molecule has 4 rings (SSSR count). The molecule has 26 heavy (non-hydrogen) atoms. The predicted octanol–water partition coefficient (Wildman–Crippen LogP) is 3.81. The Morgan fingerprint density at radius 2 is 1.96 bits per heavy atom. The van der Waals surface area contributed by atoms with Gasteiger partial charge in [0.2, 0.25) is 11.0 Å². The zero-order valence-corrected chi connectivity index (χ0v) is 15.1. The fourth-order valence-corrected chi connectivity index (χ4v) is 3.64. The minimum absolute atomic E-state index is 0.149. The zero-order valence-electron chi connectivity index (χ0n) is 13.6. The molecule has 0 unspecified atom stereocenters. The van der Waals surface area contributed by atoms with E-state index >= 15 is 0 Å². The van der Waals surface area contributed by atoms with Crippen LogP contribution in [0.25, 0.3) is 10.6 Å². The highest BCUT2D eigenvalue weighted by Gasteiger charge is 2.18. The molecule has 1 aliphatic rings. The quantitative estimate of drug-likeness (QED) is 0.736. The Morgan fingerprint density at radius 3 is 2.81 bits per heavy atom. The molecule has 8 heteroatoms. The van der Waals surface area contributed by atoms with Crippen LogP contribution in [0.2, 0.25) is 5.02 Å². The first-order valence-electron chi connectivity index (χ1n) is 7.96. The summed E-state index contributed by atoms with van der Waals surface area (Å²) >= 11 is 7.53. The van der Waals surface area contributed by atoms with Crippen molar-refractivity contribution in [3.8, 4) is 22.1 Å². The van der Waals surface area contributed by atoms with Crippen molar-refractivity contribution in [3.05, 3.63) is 53.1 Å². The molecule has 1 amide bonds. The fourth-order valence-electron chi connectivity index (χ4n) is 2.59. The van der Waals surface area contributed by atoms with Gasteiger partial charge in [-0.3, -0.25) is 4.79 Å². The molecule has 6 nitrogen and oxygen atoms in total. The molecule has 132 valence electrons. The summed E-state index contributed by atoms with van der Waals surface area (Å²) in [6, 6.07) is 13.2. The van der Waals surface area contributed by atoms with Gasteiger partial charge in [-0.1, -0.05) is 53.3 Å². The summed E-state index contributed by atoms with van der Waals surface area (Å²) in [4.78, 5) is 12.3. The van der Waals surface area contributed by atoms with Crippen molar-refractivity contribution in [1.29, 1.82) is 0 Å². The lowest BCUT2D eigenvalue weighted by atomic mass is 10.1. The van der Waals surface area contributed by atoms with Crippen LogP contribution < -0.4 is 14.8 Å². The molecule has 0 radical (unpaired) electrons. The molecule has 0 bridgehead atoms. The average molecular weight is 388 g/mol. The maximum absolute atomic E-state index is 12.3. The normalized spacial score (nSPS) is 12.7. The number of benzene rings is 2. The minimum atomic E-state index is -0.200. The highest BCUT2D eigenvalue weighted by Crippen LogP contribution is 2.38. The van der Waals surface area contributed by atoms with Crippen LogP contribution in [0.4, 0.5) is 5.13 Å². The largest absolute Gasteiger partial charge is 0.486 e. The molecule has 2 aromatic carbocycles. The molecule has 0 atom stereocenters. The Morgan fingerprint density at radius 1 is 1.15 bits per heavy atom. The summed E-state index contributed by atoms with van der Waals surface area (Å²) in [6.45, 7) is 0.930. The van der Waals surface area contributed by atoms with Crippen LogP contribution in [0.3, 0.4) is 0 Å². The number of fused-ring (bicyclic) bond motifs is 1. The SMILES string of the molecule is O=C(Cc1cc(Cl)c2c(c1)OCCO2)Nc1nnc(-c2ccccc2)s1. The number of halogens is 1. The minimum Gasteiger partial charge on any atom is -0.486 e. The molecular weight excluding hydrogens is 374 g/mol. The Balaban J connectivity index is 1.45. The molecule has 0 saturated heterocycles. The number of hydrogen-bond acceptors (Lipinski definition) is 6. The van der Waals surface area contributed by atoms with E-state index in [0.717, 1.165) is 16.1 Å². The first-order valence-corrected chi connectivity index (χ1v) is 9.15. The van der Waals surface area contributed by atoms with Crippen molar-refractivity contribution < 1.29 is 14.3 Å². The second-order valence-electron chi connectivity index (χ2n) is 5.61. The van der Waals surface area contributed by atoms with Crippen LogP contribution in [0.5, 0.6) is 11.5 Å². The molecule has 0 saturated carbocycles. The summed E-state index contributed by atoms with van der Waals surface area (Å²) in [5, 5.41) is 12.6. The topological polar surface area (TPSA) is 73.3 Å².